The lowest BCUT2D eigenvalue weighted by molar-refractivity contribution is 0.00683. The summed E-state index contributed by atoms with van der Waals surface area (Å²) in [5.74, 6) is -0.362. The molecule has 0 N–H and O–H groups in total. The zero-order valence-electron chi connectivity index (χ0n) is 17.5. The molecule has 1 aliphatic heterocycles. The highest BCUT2D eigenvalue weighted by Gasteiger charge is 2.22. The number of rotatable bonds is 4. The van der Waals surface area contributed by atoms with E-state index in [9.17, 15) is 9.59 Å². The van der Waals surface area contributed by atoms with E-state index < -0.39 is 5.60 Å². The summed E-state index contributed by atoms with van der Waals surface area (Å²) in [5, 5.41) is 0. The first-order valence-electron chi connectivity index (χ1n) is 9.91. The molecule has 0 spiro atoms. The maximum absolute atomic E-state index is 12.5. The average molecular weight is 472 g/mol. The monoisotopic (exact) mass is 471 g/mol. The first-order valence-corrected chi connectivity index (χ1v) is 10.7. The first-order chi connectivity index (χ1) is 14.2. The molecule has 3 rings (SSSR count). The number of carbonyl (C=O) groups is 2. The minimum absolute atomic E-state index is 0.263. The highest BCUT2D eigenvalue weighted by Crippen LogP contribution is 2.28. The molecule has 0 atom stereocenters. The Morgan fingerprint density at radius 3 is 2.47 bits per heavy atom. The van der Waals surface area contributed by atoms with Crippen LogP contribution in [0.25, 0.3) is 5.57 Å². The van der Waals surface area contributed by atoms with Crippen molar-refractivity contribution in [3.8, 4) is 0 Å². The molecule has 0 saturated carbocycles. The number of benzene rings is 2. The molecule has 0 unspecified atom stereocenters. The summed E-state index contributed by atoms with van der Waals surface area (Å²) in [6.45, 7) is 6.84. The van der Waals surface area contributed by atoms with Gasteiger partial charge in [-0.3, -0.25) is 0 Å². The fraction of sp³-hybridized carbons (Fsp3) is 0.333. The van der Waals surface area contributed by atoms with E-state index in [-0.39, 0.29) is 18.7 Å². The Morgan fingerprint density at radius 2 is 1.83 bits per heavy atom. The van der Waals surface area contributed by atoms with Crippen molar-refractivity contribution in [2.75, 3.05) is 13.1 Å². The molecule has 5 nitrogen and oxygen atoms in total. The molecule has 1 heterocycles. The minimum Gasteiger partial charge on any atom is -0.456 e. The molecule has 0 radical (unpaired) electrons. The molecule has 158 valence electrons. The molecule has 1 aliphatic rings. The largest absolute Gasteiger partial charge is 0.456 e. The van der Waals surface area contributed by atoms with Crippen LogP contribution >= 0.6 is 15.9 Å². The fourth-order valence-corrected chi connectivity index (χ4v) is 3.53. The van der Waals surface area contributed by atoms with Crippen molar-refractivity contribution >= 4 is 33.6 Å². The fourth-order valence-electron chi connectivity index (χ4n) is 3.12. The Kier molecular flexibility index (Phi) is 6.98. The van der Waals surface area contributed by atoms with Gasteiger partial charge in [-0.05, 0) is 72.0 Å². The molecule has 2 aromatic rings. The SMILES string of the molecule is CC(C)(C)OC(=O)c1cc(C2=CCN(C(=O)OCc3ccccc3)CC2)ccc1Br. The number of amides is 1. The third-order valence-corrected chi connectivity index (χ3v) is 5.32. The number of ether oxygens (including phenoxy) is 2. The number of halogens is 1. The second-order valence-corrected chi connectivity index (χ2v) is 9.02. The van der Waals surface area contributed by atoms with Crippen LogP contribution < -0.4 is 0 Å². The number of nitrogens with zero attached hydrogens (tertiary/aromatic N) is 1. The van der Waals surface area contributed by atoms with Gasteiger partial charge >= 0.3 is 12.1 Å². The lowest BCUT2D eigenvalue weighted by atomic mass is 9.98. The number of carbonyl (C=O) groups excluding carboxylic acids is 2. The number of hydrogen-bond donors (Lipinski definition) is 0. The Balaban J connectivity index is 1.64. The average Bonchev–Trinajstić information content (AvgIpc) is 2.72. The van der Waals surface area contributed by atoms with Crippen molar-refractivity contribution < 1.29 is 19.1 Å². The van der Waals surface area contributed by atoms with Crippen LogP contribution in [0.1, 0.15) is 48.7 Å². The summed E-state index contributed by atoms with van der Waals surface area (Å²) >= 11 is 3.44. The van der Waals surface area contributed by atoms with E-state index in [2.05, 4.69) is 15.9 Å². The van der Waals surface area contributed by atoms with Gasteiger partial charge in [-0.25, -0.2) is 9.59 Å². The summed E-state index contributed by atoms with van der Waals surface area (Å²) in [6, 6.07) is 15.3. The second-order valence-electron chi connectivity index (χ2n) is 8.16. The van der Waals surface area contributed by atoms with Crippen molar-refractivity contribution in [2.45, 2.75) is 39.4 Å². The van der Waals surface area contributed by atoms with Crippen LogP contribution in [0, 0.1) is 0 Å². The molecule has 0 fully saturated rings. The summed E-state index contributed by atoms with van der Waals surface area (Å²) in [4.78, 5) is 26.5. The van der Waals surface area contributed by atoms with E-state index in [1.807, 2.05) is 75.4 Å². The zero-order chi connectivity index (χ0) is 21.7. The van der Waals surface area contributed by atoms with Gasteiger partial charge in [0.25, 0.3) is 0 Å². The van der Waals surface area contributed by atoms with Gasteiger partial charge in [0.15, 0.2) is 0 Å². The summed E-state index contributed by atoms with van der Waals surface area (Å²) in [5.41, 5.74) is 2.95. The van der Waals surface area contributed by atoms with Crippen LogP contribution in [-0.2, 0) is 16.1 Å². The Hall–Kier alpha value is -2.60. The predicted molar refractivity (Wildman–Crippen MR) is 120 cm³/mol. The highest BCUT2D eigenvalue weighted by atomic mass is 79.9. The van der Waals surface area contributed by atoms with E-state index in [0.29, 0.717) is 29.5 Å². The Morgan fingerprint density at radius 1 is 1.10 bits per heavy atom. The third-order valence-electron chi connectivity index (χ3n) is 4.63. The van der Waals surface area contributed by atoms with Crippen molar-refractivity contribution in [3.63, 3.8) is 0 Å². The van der Waals surface area contributed by atoms with Gasteiger partial charge in [-0.2, -0.15) is 0 Å². The van der Waals surface area contributed by atoms with Crippen LogP contribution in [0.2, 0.25) is 0 Å². The molecule has 0 saturated heterocycles. The maximum Gasteiger partial charge on any atom is 0.410 e. The molecular weight excluding hydrogens is 446 g/mol. The standard InChI is InChI=1S/C24H26BrNO4/c1-24(2,3)30-22(27)20-15-19(9-10-21(20)25)18-11-13-26(14-12-18)23(28)29-16-17-7-5-4-6-8-17/h4-11,15H,12-14,16H2,1-3H3. The lowest BCUT2D eigenvalue weighted by Gasteiger charge is -2.26. The lowest BCUT2D eigenvalue weighted by Crippen LogP contribution is -2.35. The molecule has 0 aromatic heterocycles. The van der Waals surface area contributed by atoms with Gasteiger partial charge in [-0.15, -0.1) is 0 Å². The van der Waals surface area contributed by atoms with Gasteiger partial charge in [0.05, 0.1) is 5.56 Å². The molecule has 6 heteroatoms. The van der Waals surface area contributed by atoms with Crippen LogP contribution in [0.4, 0.5) is 4.79 Å². The normalized spacial score (nSPS) is 14.1. The quantitative estimate of drug-likeness (QED) is 0.526. The molecule has 0 bridgehead atoms. The first kappa shape index (κ1) is 22.1. The van der Waals surface area contributed by atoms with Crippen LogP contribution in [0.15, 0.2) is 59.1 Å². The molecular formula is C24H26BrNO4. The van der Waals surface area contributed by atoms with Crippen LogP contribution in [-0.4, -0.2) is 35.7 Å². The molecule has 0 aliphatic carbocycles. The summed E-state index contributed by atoms with van der Waals surface area (Å²) < 4.78 is 11.6. The van der Waals surface area contributed by atoms with Crippen molar-refractivity contribution in [1.82, 2.24) is 4.90 Å². The van der Waals surface area contributed by atoms with Gasteiger partial charge < -0.3 is 14.4 Å². The second kappa shape index (κ2) is 9.47. The minimum atomic E-state index is -0.558. The third kappa shape index (κ3) is 5.95. The van der Waals surface area contributed by atoms with Crippen molar-refractivity contribution in [3.05, 3.63) is 75.8 Å². The van der Waals surface area contributed by atoms with Crippen molar-refractivity contribution in [1.29, 1.82) is 0 Å². The molecule has 1 amide bonds. The van der Waals surface area contributed by atoms with Crippen LogP contribution in [0.5, 0.6) is 0 Å². The topological polar surface area (TPSA) is 55.8 Å². The zero-order valence-corrected chi connectivity index (χ0v) is 19.1. The Labute approximate surface area is 185 Å². The van der Waals surface area contributed by atoms with E-state index in [0.717, 1.165) is 16.7 Å². The van der Waals surface area contributed by atoms with E-state index >= 15 is 0 Å². The van der Waals surface area contributed by atoms with Crippen molar-refractivity contribution in [2.24, 2.45) is 0 Å². The van der Waals surface area contributed by atoms with Gasteiger partial charge in [-0.1, -0.05) is 42.5 Å². The summed E-state index contributed by atoms with van der Waals surface area (Å²) in [6.07, 6.45) is 2.38. The van der Waals surface area contributed by atoms with Gasteiger partial charge in [0, 0.05) is 17.6 Å². The van der Waals surface area contributed by atoms with Gasteiger partial charge in [0.1, 0.15) is 12.2 Å². The summed E-state index contributed by atoms with van der Waals surface area (Å²) in [7, 11) is 0. The maximum atomic E-state index is 12.5. The van der Waals surface area contributed by atoms with Gasteiger partial charge in [0.2, 0.25) is 0 Å². The molecule has 2 aromatic carbocycles. The smallest absolute Gasteiger partial charge is 0.410 e. The molecule has 30 heavy (non-hydrogen) atoms. The Bertz CT molecular complexity index is 947. The predicted octanol–water partition coefficient (Wildman–Crippen LogP) is 5.83. The van der Waals surface area contributed by atoms with E-state index in [4.69, 9.17) is 9.47 Å². The number of esters is 1. The van der Waals surface area contributed by atoms with E-state index in [1.165, 1.54) is 0 Å². The van der Waals surface area contributed by atoms with Crippen LogP contribution in [0.3, 0.4) is 0 Å². The van der Waals surface area contributed by atoms with E-state index in [1.54, 1.807) is 4.90 Å². The highest BCUT2D eigenvalue weighted by molar-refractivity contribution is 9.10. The number of hydrogen-bond acceptors (Lipinski definition) is 4.